The minimum absolute atomic E-state index is 0.0462. The van der Waals surface area contributed by atoms with Crippen LogP contribution in [0.2, 0.25) is 10.0 Å². The van der Waals surface area contributed by atoms with Gasteiger partial charge in [-0.1, -0.05) is 23.2 Å². The normalized spacial score (nSPS) is 11.3. The first-order chi connectivity index (χ1) is 8.23. The second-order valence-corrected chi connectivity index (χ2v) is 6.74. The molecule has 0 amide bonds. The van der Waals surface area contributed by atoms with Crippen molar-refractivity contribution in [3.63, 3.8) is 0 Å². The molecule has 1 rings (SSSR count). The van der Waals surface area contributed by atoms with Crippen LogP contribution >= 0.6 is 39.1 Å². The summed E-state index contributed by atoms with van der Waals surface area (Å²) < 4.78 is 25.8. The molecule has 0 aliphatic rings. The molecule has 0 spiro atoms. The highest BCUT2D eigenvalue weighted by atomic mass is 79.9. The van der Waals surface area contributed by atoms with Crippen LogP contribution in [-0.4, -0.2) is 25.2 Å². The summed E-state index contributed by atoms with van der Waals surface area (Å²) in [6.07, 6.45) is -0.489. The van der Waals surface area contributed by atoms with E-state index in [1.807, 2.05) is 0 Å². The molecular weight excluding hydrogens is 369 g/mol. The van der Waals surface area contributed by atoms with E-state index in [1.54, 1.807) is 0 Å². The molecule has 2 N–H and O–H groups in total. The third kappa shape index (κ3) is 4.31. The van der Waals surface area contributed by atoms with Crippen molar-refractivity contribution in [3.05, 3.63) is 26.7 Å². The second-order valence-electron chi connectivity index (χ2n) is 3.29. The first-order valence-electron chi connectivity index (χ1n) is 4.59. The molecule has 0 atom stereocenters. The van der Waals surface area contributed by atoms with Gasteiger partial charge in [0.25, 0.3) is 0 Å². The molecular formula is C9H8BrCl2NO4S. The molecule has 0 bridgehead atoms. The summed E-state index contributed by atoms with van der Waals surface area (Å²) in [6, 6.07) is 2.96. The lowest BCUT2D eigenvalue weighted by Gasteiger charge is -2.10. The van der Waals surface area contributed by atoms with Crippen molar-refractivity contribution >= 4 is 60.8 Å². The van der Waals surface area contributed by atoms with Crippen molar-refractivity contribution in [1.82, 2.24) is 0 Å². The molecule has 0 aliphatic heterocycles. The average molecular weight is 377 g/mol. The summed E-state index contributed by atoms with van der Waals surface area (Å²) in [5.41, 5.74) is 0.107. The lowest BCUT2D eigenvalue weighted by Crippen LogP contribution is -2.19. The molecule has 0 heterocycles. The molecule has 0 saturated carbocycles. The van der Waals surface area contributed by atoms with E-state index < -0.39 is 28.2 Å². The average Bonchev–Trinajstić information content (AvgIpc) is 2.28. The Hall–Kier alpha value is -0.500. The number of halogens is 3. The fourth-order valence-electron chi connectivity index (χ4n) is 1.04. The van der Waals surface area contributed by atoms with Crippen LogP contribution < -0.4 is 4.72 Å². The van der Waals surface area contributed by atoms with Crippen molar-refractivity contribution in [2.45, 2.75) is 6.42 Å². The molecule has 0 fully saturated rings. The minimum atomic E-state index is -3.77. The molecule has 100 valence electrons. The maximum Gasteiger partial charge on any atom is 0.304 e. The van der Waals surface area contributed by atoms with Gasteiger partial charge in [-0.15, -0.1) is 0 Å². The molecule has 0 aromatic heterocycles. The van der Waals surface area contributed by atoms with Crippen molar-refractivity contribution in [3.8, 4) is 0 Å². The van der Waals surface area contributed by atoms with E-state index in [0.29, 0.717) is 4.47 Å². The topological polar surface area (TPSA) is 83.5 Å². The van der Waals surface area contributed by atoms with Crippen LogP contribution in [0.15, 0.2) is 16.6 Å². The molecule has 0 saturated heterocycles. The Bertz CT molecular complexity index is 576. The molecule has 1 aromatic rings. The van der Waals surface area contributed by atoms with Crippen molar-refractivity contribution in [2.24, 2.45) is 0 Å². The SMILES string of the molecule is O=C(O)CCS(=O)(=O)Nc1ccc(Br)c(Cl)c1Cl. The first-order valence-corrected chi connectivity index (χ1v) is 7.79. The Labute approximate surface area is 122 Å². The van der Waals surface area contributed by atoms with Crippen LogP contribution in [-0.2, 0) is 14.8 Å². The smallest absolute Gasteiger partial charge is 0.304 e. The van der Waals surface area contributed by atoms with Crippen LogP contribution in [0.25, 0.3) is 0 Å². The number of carboxylic acids is 1. The molecule has 0 radical (unpaired) electrons. The first kappa shape index (κ1) is 15.6. The van der Waals surface area contributed by atoms with Crippen LogP contribution in [0.1, 0.15) is 6.42 Å². The van der Waals surface area contributed by atoms with Gasteiger partial charge in [-0.3, -0.25) is 9.52 Å². The number of benzene rings is 1. The Kier molecular flexibility index (Phi) is 5.27. The quantitative estimate of drug-likeness (QED) is 0.773. The van der Waals surface area contributed by atoms with E-state index >= 15 is 0 Å². The van der Waals surface area contributed by atoms with Gasteiger partial charge in [0.05, 0.1) is 27.9 Å². The predicted molar refractivity (Wildman–Crippen MR) is 73.8 cm³/mol. The molecule has 9 heteroatoms. The zero-order valence-corrected chi connectivity index (χ0v) is 12.7. The Balaban J connectivity index is 2.91. The maximum atomic E-state index is 11.6. The van der Waals surface area contributed by atoms with Crippen molar-refractivity contribution in [1.29, 1.82) is 0 Å². The lowest BCUT2D eigenvalue weighted by atomic mass is 10.3. The van der Waals surface area contributed by atoms with E-state index in [1.165, 1.54) is 12.1 Å². The molecule has 1 aromatic carbocycles. The summed E-state index contributed by atoms with van der Waals surface area (Å²) in [5.74, 6) is -1.73. The number of anilines is 1. The third-order valence-electron chi connectivity index (χ3n) is 1.89. The number of aliphatic carboxylic acids is 1. The number of sulfonamides is 1. The summed E-state index contributed by atoms with van der Waals surface area (Å²) in [6.45, 7) is 0. The van der Waals surface area contributed by atoms with Crippen LogP contribution in [0.5, 0.6) is 0 Å². The van der Waals surface area contributed by atoms with E-state index in [-0.39, 0.29) is 15.7 Å². The predicted octanol–water partition coefficient (Wildman–Crippen LogP) is 2.97. The standard InChI is InChI=1S/C9H8BrCl2NO4S/c10-5-1-2-6(9(12)8(5)11)13-18(16,17)4-3-7(14)15/h1-2,13H,3-4H2,(H,14,15). The van der Waals surface area contributed by atoms with E-state index in [2.05, 4.69) is 20.7 Å². The summed E-state index contributed by atoms with van der Waals surface area (Å²) in [5, 5.41) is 8.65. The highest BCUT2D eigenvalue weighted by molar-refractivity contribution is 9.10. The highest BCUT2D eigenvalue weighted by Crippen LogP contribution is 2.36. The van der Waals surface area contributed by atoms with Gasteiger partial charge >= 0.3 is 5.97 Å². The number of rotatable bonds is 5. The van der Waals surface area contributed by atoms with Gasteiger partial charge in [0.1, 0.15) is 0 Å². The monoisotopic (exact) mass is 375 g/mol. The van der Waals surface area contributed by atoms with Gasteiger partial charge in [-0.25, -0.2) is 8.42 Å². The summed E-state index contributed by atoms with van der Waals surface area (Å²) in [7, 11) is -3.77. The van der Waals surface area contributed by atoms with Gasteiger partial charge in [-0.05, 0) is 28.1 Å². The number of hydrogen-bond acceptors (Lipinski definition) is 3. The number of carboxylic acid groups (broad SMARTS) is 1. The van der Waals surface area contributed by atoms with Crippen LogP contribution in [0.3, 0.4) is 0 Å². The number of hydrogen-bond donors (Lipinski definition) is 2. The Morgan fingerprint density at radius 2 is 1.94 bits per heavy atom. The van der Waals surface area contributed by atoms with E-state index in [0.717, 1.165) is 0 Å². The fourth-order valence-corrected chi connectivity index (χ4v) is 2.97. The summed E-state index contributed by atoms with van der Waals surface area (Å²) >= 11 is 14.8. The molecule has 18 heavy (non-hydrogen) atoms. The molecule has 5 nitrogen and oxygen atoms in total. The summed E-state index contributed by atoms with van der Waals surface area (Å²) in [4.78, 5) is 10.3. The highest BCUT2D eigenvalue weighted by Gasteiger charge is 2.16. The van der Waals surface area contributed by atoms with E-state index in [4.69, 9.17) is 28.3 Å². The molecule has 0 aliphatic carbocycles. The van der Waals surface area contributed by atoms with Crippen LogP contribution in [0.4, 0.5) is 5.69 Å². The van der Waals surface area contributed by atoms with Crippen LogP contribution in [0, 0.1) is 0 Å². The fraction of sp³-hybridized carbons (Fsp3) is 0.222. The largest absolute Gasteiger partial charge is 0.481 e. The van der Waals surface area contributed by atoms with Crippen molar-refractivity contribution in [2.75, 3.05) is 10.5 Å². The minimum Gasteiger partial charge on any atom is -0.481 e. The lowest BCUT2D eigenvalue weighted by molar-refractivity contribution is -0.136. The Morgan fingerprint density at radius 3 is 2.50 bits per heavy atom. The Morgan fingerprint density at radius 1 is 1.33 bits per heavy atom. The second kappa shape index (κ2) is 6.10. The van der Waals surface area contributed by atoms with E-state index in [9.17, 15) is 13.2 Å². The number of nitrogens with one attached hydrogen (secondary N) is 1. The number of carbonyl (C=O) groups is 1. The third-order valence-corrected chi connectivity index (χ3v) is 4.93. The maximum absolute atomic E-state index is 11.6. The van der Waals surface area contributed by atoms with Gasteiger partial charge < -0.3 is 5.11 Å². The van der Waals surface area contributed by atoms with Gasteiger partial charge in [0.2, 0.25) is 10.0 Å². The van der Waals surface area contributed by atoms with Gasteiger partial charge in [-0.2, -0.15) is 0 Å². The van der Waals surface area contributed by atoms with Crippen molar-refractivity contribution < 1.29 is 18.3 Å². The van der Waals surface area contributed by atoms with Gasteiger partial charge in [0.15, 0.2) is 0 Å². The zero-order chi connectivity index (χ0) is 13.9. The molecule has 0 unspecified atom stereocenters. The zero-order valence-electron chi connectivity index (χ0n) is 8.78. The van der Waals surface area contributed by atoms with Gasteiger partial charge in [0, 0.05) is 4.47 Å².